The van der Waals surface area contributed by atoms with Crippen molar-refractivity contribution in [1.82, 2.24) is 10.3 Å². The Bertz CT molecular complexity index is 700. The van der Waals surface area contributed by atoms with Gasteiger partial charge in [-0.2, -0.15) is 0 Å². The van der Waals surface area contributed by atoms with E-state index in [1.165, 1.54) is 0 Å². The summed E-state index contributed by atoms with van der Waals surface area (Å²) in [7, 11) is 0. The highest BCUT2D eigenvalue weighted by molar-refractivity contribution is 6.27. The molecule has 3 N–H and O–H groups in total. The summed E-state index contributed by atoms with van der Waals surface area (Å²) in [6, 6.07) is 14.3. The lowest BCUT2D eigenvalue weighted by Gasteiger charge is -2.04. The van der Waals surface area contributed by atoms with Crippen LogP contribution in [0.4, 0.5) is 0 Å². The zero-order valence-electron chi connectivity index (χ0n) is 12.1. The van der Waals surface area contributed by atoms with Crippen LogP contribution in [0.25, 0.3) is 11.3 Å². The van der Waals surface area contributed by atoms with Gasteiger partial charge >= 0.3 is 11.9 Å². The molecule has 3 rings (SSSR count). The summed E-state index contributed by atoms with van der Waals surface area (Å²) in [5.74, 6) is -2.69. The molecule has 0 atom stereocenters. The third-order valence-corrected chi connectivity index (χ3v) is 2.96. The molecule has 0 unspecified atom stereocenters. The second-order valence-corrected chi connectivity index (χ2v) is 4.57. The maximum absolute atomic E-state index is 9.10. The van der Waals surface area contributed by atoms with Gasteiger partial charge < -0.3 is 15.5 Å². The van der Waals surface area contributed by atoms with E-state index in [1.807, 2.05) is 30.5 Å². The fraction of sp³-hybridized carbons (Fsp3) is 0.125. The highest BCUT2D eigenvalue weighted by Gasteiger charge is 2.08. The second-order valence-electron chi connectivity index (χ2n) is 4.57. The maximum atomic E-state index is 9.10. The van der Waals surface area contributed by atoms with E-state index >= 15 is 0 Å². The summed E-state index contributed by atoms with van der Waals surface area (Å²) in [6.45, 7) is 1.78. The van der Waals surface area contributed by atoms with Crippen LogP contribution in [0.15, 0.2) is 53.7 Å². The Morgan fingerprint density at radius 2 is 1.65 bits per heavy atom. The van der Waals surface area contributed by atoms with Gasteiger partial charge in [0.05, 0.1) is 12.2 Å². The zero-order valence-corrected chi connectivity index (χ0v) is 12.1. The molecule has 118 valence electrons. The van der Waals surface area contributed by atoms with Gasteiger partial charge in [-0.15, -0.1) is 0 Å². The number of hydrogen-bond donors (Lipinski definition) is 3. The van der Waals surface area contributed by atoms with Crippen molar-refractivity contribution in [3.63, 3.8) is 0 Å². The van der Waals surface area contributed by atoms with E-state index < -0.39 is 11.9 Å². The molecule has 0 bridgehead atoms. The monoisotopic (exact) mass is 313 g/mol. The highest BCUT2D eigenvalue weighted by Crippen LogP contribution is 2.16. The van der Waals surface area contributed by atoms with E-state index in [9.17, 15) is 0 Å². The molecule has 0 radical (unpaired) electrons. The highest BCUT2D eigenvalue weighted by atomic mass is 16.4. The number of carboxylic acids is 2. The minimum atomic E-state index is -1.82. The van der Waals surface area contributed by atoms with Crippen LogP contribution in [0.2, 0.25) is 0 Å². The number of carboxylic acid groups (broad SMARTS) is 2. The maximum Gasteiger partial charge on any atom is 0.414 e. The molecule has 0 saturated heterocycles. The van der Waals surface area contributed by atoms with Gasteiger partial charge in [-0.3, -0.25) is 9.98 Å². The molecule has 1 aromatic carbocycles. The molecule has 1 aromatic heterocycles. The Labute approximate surface area is 132 Å². The Morgan fingerprint density at radius 3 is 2.13 bits per heavy atom. The standard InChI is InChI=1S/C14H13N3.C2H2O4/c1-2-4-11(5-3-1)13-7-6-12(10-17-13)14-15-8-9-16-14;3-1(4)2(5)6/h1-7,10H,8-9H2,(H,15,16);(H,3,4)(H,5,6). The first kappa shape index (κ1) is 16.2. The Balaban J connectivity index is 0.000000277. The molecule has 1 aliphatic rings. The molecule has 0 amide bonds. The average Bonchev–Trinajstić information content (AvgIpc) is 3.11. The number of aromatic nitrogens is 1. The summed E-state index contributed by atoms with van der Waals surface area (Å²) in [4.78, 5) is 27.0. The van der Waals surface area contributed by atoms with E-state index in [1.54, 1.807) is 0 Å². The molecule has 2 heterocycles. The van der Waals surface area contributed by atoms with Crippen LogP contribution >= 0.6 is 0 Å². The first-order valence-electron chi connectivity index (χ1n) is 6.84. The van der Waals surface area contributed by atoms with Crippen LogP contribution in [-0.4, -0.2) is 46.1 Å². The number of pyridine rings is 1. The topological polar surface area (TPSA) is 112 Å². The fourth-order valence-electron chi connectivity index (χ4n) is 1.90. The van der Waals surface area contributed by atoms with Crippen molar-refractivity contribution < 1.29 is 19.8 Å². The molecule has 23 heavy (non-hydrogen) atoms. The number of amidine groups is 1. The Hall–Kier alpha value is -3.22. The number of aliphatic carboxylic acids is 2. The van der Waals surface area contributed by atoms with Gasteiger partial charge in [-0.05, 0) is 12.1 Å². The molecule has 0 aliphatic carbocycles. The largest absolute Gasteiger partial charge is 0.473 e. The molecule has 7 heteroatoms. The minimum absolute atomic E-state index is 0.857. The number of hydrogen-bond acceptors (Lipinski definition) is 5. The third kappa shape index (κ3) is 4.63. The number of carbonyl (C=O) groups is 2. The van der Waals surface area contributed by atoms with Crippen LogP contribution < -0.4 is 5.32 Å². The molecule has 0 spiro atoms. The number of rotatable bonds is 2. The zero-order chi connectivity index (χ0) is 16.7. The Kier molecular flexibility index (Phi) is 5.40. The van der Waals surface area contributed by atoms with Crippen molar-refractivity contribution in [3.8, 4) is 11.3 Å². The van der Waals surface area contributed by atoms with Gasteiger partial charge in [-0.25, -0.2) is 9.59 Å². The van der Waals surface area contributed by atoms with Crippen LogP contribution in [-0.2, 0) is 9.59 Å². The average molecular weight is 313 g/mol. The number of nitrogens with one attached hydrogen (secondary N) is 1. The van der Waals surface area contributed by atoms with Gasteiger partial charge in [0.25, 0.3) is 0 Å². The number of benzene rings is 1. The minimum Gasteiger partial charge on any atom is -0.473 e. The second kappa shape index (κ2) is 7.69. The van der Waals surface area contributed by atoms with E-state index in [0.29, 0.717) is 0 Å². The normalized spacial score (nSPS) is 12.4. The number of nitrogens with zero attached hydrogens (tertiary/aromatic N) is 2. The molecular weight excluding hydrogens is 298 g/mol. The summed E-state index contributed by atoms with van der Waals surface area (Å²) in [5.41, 5.74) is 3.19. The van der Waals surface area contributed by atoms with Crippen LogP contribution in [0.1, 0.15) is 5.56 Å². The van der Waals surface area contributed by atoms with Crippen molar-refractivity contribution in [2.45, 2.75) is 0 Å². The van der Waals surface area contributed by atoms with E-state index in [2.05, 4.69) is 33.5 Å². The molecule has 2 aromatic rings. The van der Waals surface area contributed by atoms with Gasteiger partial charge in [0.2, 0.25) is 0 Å². The quantitative estimate of drug-likeness (QED) is 0.720. The molecule has 7 nitrogen and oxygen atoms in total. The van der Waals surface area contributed by atoms with E-state index in [-0.39, 0.29) is 0 Å². The predicted molar refractivity (Wildman–Crippen MR) is 84.4 cm³/mol. The first-order chi connectivity index (χ1) is 11.1. The van der Waals surface area contributed by atoms with Gasteiger partial charge in [-0.1, -0.05) is 30.3 Å². The van der Waals surface area contributed by atoms with Crippen molar-refractivity contribution in [1.29, 1.82) is 0 Å². The Morgan fingerprint density at radius 1 is 0.957 bits per heavy atom. The molecule has 0 fully saturated rings. The van der Waals surface area contributed by atoms with Gasteiger partial charge in [0, 0.05) is 23.9 Å². The first-order valence-corrected chi connectivity index (χ1v) is 6.84. The molecular formula is C16H15N3O4. The van der Waals surface area contributed by atoms with Gasteiger partial charge in [0.1, 0.15) is 5.84 Å². The van der Waals surface area contributed by atoms with Crippen molar-refractivity contribution in [2.24, 2.45) is 4.99 Å². The lowest BCUT2D eigenvalue weighted by atomic mass is 10.1. The molecule has 1 aliphatic heterocycles. The summed E-state index contributed by atoms with van der Waals surface area (Å²) < 4.78 is 0. The van der Waals surface area contributed by atoms with Gasteiger partial charge in [0.15, 0.2) is 0 Å². The third-order valence-electron chi connectivity index (χ3n) is 2.96. The van der Waals surface area contributed by atoms with Crippen LogP contribution in [0, 0.1) is 0 Å². The lowest BCUT2D eigenvalue weighted by Crippen LogP contribution is -2.19. The van der Waals surface area contributed by atoms with Crippen LogP contribution in [0.5, 0.6) is 0 Å². The summed E-state index contributed by atoms with van der Waals surface area (Å²) >= 11 is 0. The number of aliphatic imine (C=N–C) groups is 1. The van der Waals surface area contributed by atoms with Crippen molar-refractivity contribution in [2.75, 3.05) is 13.1 Å². The van der Waals surface area contributed by atoms with Crippen LogP contribution in [0.3, 0.4) is 0 Å². The smallest absolute Gasteiger partial charge is 0.414 e. The predicted octanol–water partition coefficient (Wildman–Crippen LogP) is 1.25. The molecule has 0 saturated carbocycles. The fourth-order valence-corrected chi connectivity index (χ4v) is 1.90. The van der Waals surface area contributed by atoms with E-state index in [0.717, 1.165) is 35.7 Å². The van der Waals surface area contributed by atoms with Crippen molar-refractivity contribution >= 4 is 17.8 Å². The summed E-state index contributed by atoms with van der Waals surface area (Å²) in [6.07, 6.45) is 1.87. The van der Waals surface area contributed by atoms with Crippen molar-refractivity contribution in [3.05, 3.63) is 54.2 Å². The lowest BCUT2D eigenvalue weighted by molar-refractivity contribution is -0.159. The SMILES string of the molecule is O=C(O)C(=O)O.c1ccc(-c2ccc(C3=NCCN3)cn2)cc1. The summed E-state index contributed by atoms with van der Waals surface area (Å²) in [5, 5.41) is 18.0. The van der Waals surface area contributed by atoms with E-state index in [4.69, 9.17) is 19.8 Å².